The number of aromatic nitrogens is 1. The molecule has 0 bridgehead atoms. The molecule has 2 atom stereocenters. The van der Waals surface area contributed by atoms with Crippen molar-refractivity contribution in [2.75, 3.05) is 13.1 Å². The second-order valence-corrected chi connectivity index (χ2v) is 9.29. The van der Waals surface area contributed by atoms with Gasteiger partial charge >= 0.3 is 5.76 Å². The SMILES string of the molecule is CC1CN(S(=O)(=O)c2ccc3[nH]c(=O)oc3c2)CC(C)N1Cc1ccccc1. The van der Waals surface area contributed by atoms with Crippen molar-refractivity contribution in [3.8, 4) is 0 Å². The highest BCUT2D eigenvalue weighted by molar-refractivity contribution is 7.89. The number of aromatic amines is 1. The molecule has 1 N–H and O–H groups in total. The van der Waals surface area contributed by atoms with E-state index in [1.165, 1.54) is 22.0 Å². The van der Waals surface area contributed by atoms with Crippen molar-refractivity contribution in [1.29, 1.82) is 0 Å². The summed E-state index contributed by atoms with van der Waals surface area (Å²) in [6.07, 6.45) is 0. The highest BCUT2D eigenvalue weighted by Crippen LogP contribution is 2.26. The van der Waals surface area contributed by atoms with Crippen LogP contribution < -0.4 is 5.76 Å². The number of oxazole rings is 1. The first-order chi connectivity index (χ1) is 13.3. The monoisotopic (exact) mass is 401 g/mol. The zero-order valence-corrected chi connectivity index (χ0v) is 16.6. The zero-order valence-electron chi connectivity index (χ0n) is 15.8. The van der Waals surface area contributed by atoms with E-state index in [0.717, 1.165) is 6.54 Å². The number of fused-ring (bicyclic) bond motifs is 1. The highest BCUT2D eigenvalue weighted by Gasteiger charge is 2.36. The maximum atomic E-state index is 13.2. The minimum absolute atomic E-state index is 0.0765. The molecule has 1 aliphatic rings. The van der Waals surface area contributed by atoms with Crippen molar-refractivity contribution < 1.29 is 12.8 Å². The summed E-state index contributed by atoms with van der Waals surface area (Å²) in [7, 11) is -3.68. The predicted molar refractivity (Wildman–Crippen MR) is 107 cm³/mol. The first-order valence-electron chi connectivity index (χ1n) is 9.27. The van der Waals surface area contributed by atoms with E-state index >= 15 is 0 Å². The van der Waals surface area contributed by atoms with Crippen molar-refractivity contribution >= 4 is 21.1 Å². The van der Waals surface area contributed by atoms with Gasteiger partial charge in [-0.2, -0.15) is 4.31 Å². The Kier molecular flexibility index (Phi) is 4.86. The van der Waals surface area contributed by atoms with Gasteiger partial charge in [0, 0.05) is 37.8 Å². The Hall–Kier alpha value is -2.42. The second kappa shape index (κ2) is 7.20. The minimum Gasteiger partial charge on any atom is -0.408 e. The van der Waals surface area contributed by atoms with E-state index in [1.54, 1.807) is 6.07 Å². The number of nitrogens with one attached hydrogen (secondary N) is 1. The quantitative estimate of drug-likeness (QED) is 0.725. The third-order valence-electron chi connectivity index (χ3n) is 5.31. The van der Waals surface area contributed by atoms with Crippen LogP contribution in [0.15, 0.2) is 62.6 Å². The van der Waals surface area contributed by atoms with Crippen LogP contribution in [0.3, 0.4) is 0 Å². The Morgan fingerprint density at radius 3 is 2.43 bits per heavy atom. The maximum absolute atomic E-state index is 13.2. The summed E-state index contributed by atoms with van der Waals surface area (Å²) in [5, 5.41) is 0. The molecule has 2 heterocycles. The van der Waals surface area contributed by atoms with Crippen LogP contribution >= 0.6 is 0 Å². The summed E-state index contributed by atoms with van der Waals surface area (Å²) in [5.74, 6) is -0.596. The molecule has 0 radical (unpaired) electrons. The zero-order chi connectivity index (χ0) is 19.9. The molecule has 1 fully saturated rings. The van der Waals surface area contributed by atoms with E-state index < -0.39 is 15.8 Å². The summed E-state index contributed by atoms with van der Waals surface area (Å²) in [6.45, 7) is 5.71. The summed E-state index contributed by atoms with van der Waals surface area (Å²) in [4.78, 5) is 16.3. The number of piperazine rings is 1. The molecule has 7 nitrogen and oxygen atoms in total. The average Bonchev–Trinajstić information content (AvgIpc) is 3.04. The van der Waals surface area contributed by atoms with Gasteiger partial charge in [0.1, 0.15) is 0 Å². The normalized spacial score (nSPS) is 21.9. The third-order valence-corrected chi connectivity index (χ3v) is 7.13. The fraction of sp³-hybridized carbons (Fsp3) is 0.350. The van der Waals surface area contributed by atoms with Crippen LogP contribution in [-0.4, -0.2) is 47.8 Å². The Morgan fingerprint density at radius 2 is 1.75 bits per heavy atom. The molecule has 0 amide bonds. The third kappa shape index (κ3) is 3.50. The van der Waals surface area contributed by atoms with Gasteiger partial charge in [-0.25, -0.2) is 13.2 Å². The lowest BCUT2D eigenvalue weighted by Gasteiger charge is -2.43. The molecule has 1 saturated heterocycles. The van der Waals surface area contributed by atoms with Gasteiger partial charge in [0.05, 0.1) is 10.4 Å². The van der Waals surface area contributed by atoms with Crippen LogP contribution in [0.1, 0.15) is 19.4 Å². The number of H-pyrrole nitrogens is 1. The van der Waals surface area contributed by atoms with Crippen molar-refractivity contribution in [3.05, 3.63) is 64.6 Å². The summed E-state index contributed by atoms with van der Waals surface area (Å²) in [5.41, 5.74) is 1.94. The van der Waals surface area contributed by atoms with Gasteiger partial charge in [-0.3, -0.25) is 9.88 Å². The largest absolute Gasteiger partial charge is 0.417 e. The molecule has 2 unspecified atom stereocenters. The fourth-order valence-electron chi connectivity index (χ4n) is 3.85. The number of benzene rings is 2. The van der Waals surface area contributed by atoms with E-state index in [1.807, 2.05) is 18.2 Å². The Labute approximate surface area is 163 Å². The molecule has 1 aliphatic heterocycles. The standard InChI is InChI=1S/C20H23N3O4S/c1-14-11-22(12-15(2)23(14)13-16-6-4-3-5-7-16)28(25,26)17-8-9-18-19(10-17)27-20(24)21-18/h3-10,14-15H,11-13H2,1-2H3,(H,21,24). The lowest BCUT2D eigenvalue weighted by atomic mass is 10.1. The van der Waals surface area contributed by atoms with Gasteiger partial charge in [0.25, 0.3) is 0 Å². The predicted octanol–water partition coefficient (Wildman–Crippen LogP) is 2.40. The average molecular weight is 401 g/mol. The van der Waals surface area contributed by atoms with E-state index in [2.05, 4.69) is 35.9 Å². The molecular formula is C20H23N3O4S. The van der Waals surface area contributed by atoms with Crippen molar-refractivity contribution in [1.82, 2.24) is 14.2 Å². The molecule has 1 aromatic heterocycles. The van der Waals surface area contributed by atoms with Gasteiger partial charge < -0.3 is 4.42 Å². The topological polar surface area (TPSA) is 86.6 Å². The van der Waals surface area contributed by atoms with Crippen LogP contribution in [0.4, 0.5) is 0 Å². The number of hydrogen-bond donors (Lipinski definition) is 1. The number of rotatable bonds is 4. The smallest absolute Gasteiger partial charge is 0.408 e. The van der Waals surface area contributed by atoms with E-state index in [0.29, 0.717) is 18.6 Å². The Bertz CT molecular complexity index is 1120. The lowest BCUT2D eigenvalue weighted by molar-refractivity contribution is 0.0699. The molecule has 148 valence electrons. The van der Waals surface area contributed by atoms with E-state index in [-0.39, 0.29) is 22.6 Å². The fourth-order valence-corrected chi connectivity index (χ4v) is 5.46. The number of sulfonamides is 1. The molecule has 8 heteroatoms. The summed E-state index contributed by atoms with van der Waals surface area (Å²) < 4.78 is 32.9. The molecule has 0 saturated carbocycles. The Balaban J connectivity index is 1.56. The van der Waals surface area contributed by atoms with Gasteiger partial charge in [-0.05, 0) is 31.5 Å². The van der Waals surface area contributed by atoms with Crippen LogP contribution in [0, 0.1) is 0 Å². The van der Waals surface area contributed by atoms with Crippen molar-refractivity contribution in [2.45, 2.75) is 37.4 Å². The van der Waals surface area contributed by atoms with Crippen molar-refractivity contribution in [2.24, 2.45) is 0 Å². The summed E-state index contributed by atoms with van der Waals surface area (Å²) in [6, 6.07) is 14.8. The molecule has 3 aromatic rings. The van der Waals surface area contributed by atoms with Gasteiger partial charge in [-0.1, -0.05) is 30.3 Å². The van der Waals surface area contributed by atoms with E-state index in [9.17, 15) is 13.2 Å². The highest BCUT2D eigenvalue weighted by atomic mass is 32.2. The first kappa shape index (κ1) is 18.9. The maximum Gasteiger partial charge on any atom is 0.417 e. The van der Waals surface area contributed by atoms with Gasteiger partial charge in [0.15, 0.2) is 5.58 Å². The van der Waals surface area contributed by atoms with Crippen LogP contribution in [0.5, 0.6) is 0 Å². The van der Waals surface area contributed by atoms with Gasteiger partial charge in [-0.15, -0.1) is 0 Å². The Morgan fingerprint density at radius 1 is 1.07 bits per heavy atom. The molecule has 4 rings (SSSR count). The van der Waals surface area contributed by atoms with Crippen LogP contribution in [-0.2, 0) is 16.6 Å². The molecule has 0 spiro atoms. The lowest BCUT2D eigenvalue weighted by Crippen LogP contribution is -2.57. The minimum atomic E-state index is -3.68. The van der Waals surface area contributed by atoms with Crippen LogP contribution in [0.2, 0.25) is 0 Å². The molecule has 0 aliphatic carbocycles. The number of hydrogen-bond acceptors (Lipinski definition) is 5. The second-order valence-electron chi connectivity index (χ2n) is 7.35. The van der Waals surface area contributed by atoms with Crippen molar-refractivity contribution in [3.63, 3.8) is 0 Å². The van der Waals surface area contributed by atoms with E-state index in [4.69, 9.17) is 4.42 Å². The molecule has 2 aromatic carbocycles. The van der Waals surface area contributed by atoms with Gasteiger partial charge in [0.2, 0.25) is 10.0 Å². The van der Waals surface area contributed by atoms with Crippen LogP contribution in [0.25, 0.3) is 11.1 Å². The summed E-state index contributed by atoms with van der Waals surface area (Å²) >= 11 is 0. The molecule has 28 heavy (non-hydrogen) atoms. The first-order valence-corrected chi connectivity index (χ1v) is 10.7. The number of nitrogens with zero attached hydrogens (tertiary/aromatic N) is 2. The molecular weight excluding hydrogens is 378 g/mol.